The van der Waals surface area contributed by atoms with Crippen molar-refractivity contribution >= 4 is 5.97 Å². The van der Waals surface area contributed by atoms with E-state index in [4.69, 9.17) is 14.6 Å². The van der Waals surface area contributed by atoms with Crippen molar-refractivity contribution in [2.45, 2.75) is 26.0 Å². The number of benzene rings is 2. The Morgan fingerprint density at radius 2 is 1.96 bits per heavy atom. The van der Waals surface area contributed by atoms with E-state index < -0.39 is 12.1 Å². The number of hydrogen-bond donors (Lipinski definition) is 2. The molecule has 0 saturated carbocycles. The van der Waals surface area contributed by atoms with Crippen LogP contribution in [0.2, 0.25) is 0 Å². The van der Waals surface area contributed by atoms with Gasteiger partial charge < -0.3 is 19.9 Å². The Bertz CT molecular complexity index is 675. The van der Waals surface area contributed by atoms with Crippen molar-refractivity contribution in [3.05, 3.63) is 59.9 Å². The maximum Gasteiger partial charge on any atom is 0.344 e. The molecule has 1 unspecified atom stereocenters. The highest BCUT2D eigenvalue weighted by molar-refractivity contribution is 5.72. The van der Waals surface area contributed by atoms with Crippen LogP contribution in [0, 0.1) is 5.82 Å². The van der Waals surface area contributed by atoms with E-state index in [2.05, 4.69) is 5.32 Å². The predicted octanol–water partition coefficient (Wildman–Crippen LogP) is 3.24. The van der Waals surface area contributed by atoms with Crippen LogP contribution in [0.15, 0.2) is 48.5 Å². The second kappa shape index (κ2) is 9.64. The van der Waals surface area contributed by atoms with E-state index in [1.54, 1.807) is 18.2 Å². The van der Waals surface area contributed by atoms with Crippen molar-refractivity contribution in [1.82, 2.24) is 5.32 Å². The van der Waals surface area contributed by atoms with Crippen LogP contribution in [0.25, 0.3) is 0 Å². The summed E-state index contributed by atoms with van der Waals surface area (Å²) >= 11 is 0. The molecule has 0 amide bonds. The summed E-state index contributed by atoms with van der Waals surface area (Å²) in [5, 5.41) is 12.2. The fourth-order valence-electron chi connectivity index (χ4n) is 2.13. The van der Waals surface area contributed by atoms with Gasteiger partial charge in [-0.3, -0.25) is 0 Å². The molecule has 0 radical (unpaired) electrons. The quantitative estimate of drug-likeness (QED) is 0.646. The topological polar surface area (TPSA) is 67.8 Å². The van der Waals surface area contributed by atoms with Crippen LogP contribution in [-0.2, 0) is 11.3 Å². The highest BCUT2D eigenvalue weighted by Crippen LogP contribution is 2.15. The number of ether oxygens (including phenoxy) is 2. The zero-order chi connectivity index (χ0) is 18.1. The Morgan fingerprint density at radius 1 is 1.20 bits per heavy atom. The van der Waals surface area contributed by atoms with Crippen LogP contribution in [0.1, 0.15) is 18.9 Å². The Balaban J connectivity index is 1.66. The molecule has 0 aliphatic rings. The van der Waals surface area contributed by atoms with Crippen molar-refractivity contribution in [2.75, 3.05) is 13.2 Å². The van der Waals surface area contributed by atoms with Gasteiger partial charge in [-0.05, 0) is 61.9 Å². The van der Waals surface area contributed by atoms with Gasteiger partial charge in [-0.25, -0.2) is 9.18 Å². The minimum atomic E-state index is -0.996. The first-order valence-corrected chi connectivity index (χ1v) is 8.12. The third-order valence-corrected chi connectivity index (χ3v) is 3.47. The second-order valence-electron chi connectivity index (χ2n) is 5.58. The number of carboxylic acids is 1. The lowest BCUT2D eigenvalue weighted by atomic mass is 10.2. The monoisotopic (exact) mass is 347 g/mol. The standard InChI is InChI=1S/C19H22FNO4/c1-14(19(22)23)25-18-5-2-4-15(12-18)13-21-10-3-11-24-17-8-6-16(20)7-9-17/h2,4-9,12,14,21H,3,10-11,13H2,1H3,(H,22,23). The largest absolute Gasteiger partial charge is 0.494 e. The summed E-state index contributed by atoms with van der Waals surface area (Å²) in [5.41, 5.74) is 1.01. The third-order valence-electron chi connectivity index (χ3n) is 3.47. The minimum Gasteiger partial charge on any atom is -0.494 e. The van der Waals surface area contributed by atoms with Gasteiger partial charge in [-0.15, -0.1) is 0 Å². The molecule has 2 N–H and O–H groups in total. The van der Waals surface area contributed by atoms with Gasteiger partial charge in [-0.1, -0.05) is 12.1 Å². The second-order valence-corrected chi connectivity index (χ2v) is 5.58. The van der Waals surface area contributed by atoms with Gasteiger partial charge in [0.1, 0.15) is 17.3 Å². The van der Waals surface area contributed by atoms with Crippen molar-refractivity contribution < 1.29 is 23.8 Å². The molecule has 0 spiro atoms. The van der Waals surface area contributed by atoms with Gasteiger partial charge in [0.05, 0.1) is 6.61 Å². The first kappa shape index (κ1) is 18.7. The summed E-state index contributed by atoms with van der Waals surface area (Å²) in [6.45, 7) is 3.44. The number of halogens is 1. The highest BCUT2D eigenvalue weighted by Gasteiger charge is 2.12. The SMILES string of the molecule is CC(Oc1cccc(CNCCCOc2ccc(F)cc2)c1)C(=O)O. The summed E-state index contributed by atoms with van der Waals surface area (Å²) in [6.07, 6.45) is -0.0734. The lowest BCUT2D eigenvalue weighted by Crippen LogP contribution is -2.23. The normalized spacial score (nSPS) is 11.8. The van der Waals surface area contributed by atoms with Crippen LogP contribution in [-0.4, -0.2) is 30.3 Å². The van der Waals surface area contributed by atoms with E-state index in [-0.39, 0.29) is 5.82 Å². The number of hydrogen-bond acceptors (Lipinski definition) is 4. The zero-order valence-corrected chi connectivity index (χ0v) is 14.1. The molecule has 5 nitrogen and oxygen atoms in total. The summed E-state index contributed by atoms with van der Waals surface area (Å²) in [5.74, 6) is -0.0877. The molecule has 0 saturated heterocycles. The van der Waals surface area contributed by atoms with Crippen LogP contribution < -0.4 is 14.8 Å². The van der Waals surface area contributed by atoms with Gasteiger partial charge >= 0.3 is 5.97 Å². The van der Waals surface area contributed by atoms with E-state index in [0.717, 1.165) is 18.5 Å². The number of carbonyl (C=O) groups is 1. The lowest BCUT2D eigenvalue weighted by molar-refractivity contribution is -0.144. The van der Waals surface area contributed by atoms with E-state index in [0.29, 0.717) is 24.7 Å². The molecule has 0 aliphatic carbocycles. The summed E-state index contributed by atoms with van der Waals surface area (Å²) in [4.78, 5) is 10.8. The zero-order valence-electron chi connectivity index (χ0n) is 14.1. The number of nitrogens with one attached hydrogen (secondary N) is 1. The minimum absolute atomic E-state index is 0.280. The Kier molecular flexibility index (Phi) is 7.22. The van der Waals surface area contributed by atoms with Crippen molar-refractivity contribution in [2.24, 2.45) is 0 Å². The van der Waals surface area contributed by atoms with Gasteiger partial charge in [-0.2, -0.15) is 0 Å². The number of aliphatic carboxylic acids is 1. The highest BCUT2D eigenvalue weighted by atomic mass is 19.1. The molecule has 25 heavy (non-hydrogen) atoms. The van der Waals surface area contributed by atoms with Gasteiger partial charge in [0.15, 0.2) is 6.10 Å². The smallest absolute Gasteiger partial charge is 0.344 e. The molecule has 134 valence electrons. The van der Waals surface area contributed by atoms with E-state index in [9.17, 15) is 9.18 Å². The fraction of sp³-hybridized carbons (Fsp3) is 0.316. The molecule has 2 rings (SSSR count). The first-order valence-electron chi connectivity index (χ1n) is 8.12. The molecule has 0 aromatic heterocycles. The van der Waals surface area contributed by atoms with Crippen molar-refractivity contribution in [3.8, 4) is 11.5 Å². The molecular formula is C19H22FNO4. The van der Waals surface area contributed by atoms with Crippen molar-refractivity contribution in [1.29, 1.82) is 0 Å². The Morgan fingerprint density at radius 3 is 2.68 bits per heavy atom. The van der Waals surface area contributed by atoms with Gasteiger partial charge in [0, 0.05) is 6.54 Å². The van der Waals surface area contributed by atoms with E-state index >= 15 is 0 Å². The summed E-state index contributed by atoms with van der Waals surface area (Å²) in [6, 6.07) is 13.3. The first-order chi connectivity index (χ1) is 12.0. The average molecular weight is 347 g/mol. The number of carboxylic acid groups (broad SMARTS) is 1. The number of rotatable bonds is 10. The summed E-state index contributed by atoms with van der Waals surface area (Å²) < 4.78 is 23.6. The maximum absolute atomic E-state index is 12.8. The molecule has 0 aliphatic heterocycles. The summed E-state index contributed by atoms with van der Waals surface area (Å²) in [7, 11) is 0. The maximum atomic E-state index is 12.8. The third kappa shape index (κ3) is 6.81. The molecule has 2 aromatic carbocycles. The van der Waals surface area contributed by atoms with Gasteiger partial charge in [0.25, 0.3) is 0 Å². The molecule has 0 fully saturated rings. The van der Waals surface area contributed by atoms with Crippen molar-refractivity contribution in [3.63, 3.8) is 0 Å². The molecule has 6 heteroatoms. The van der Waals surface area contributed by atoms with E-state index in [1.165, 1.54) is 19.1 Å². The average Bonchev–Trinajstić information content (AvgIpc) is 2.60. The molecule has 1 atom stereocenters. The van der Waals surface area contributed by atoms with E-state index in [1.807, 2.05) is 18.2 Å². The fourth-order valence-corrected chi connectivity index (χ4v) is 2.13. The Hall–Kier alpha value is -2.60. The molecule has 2 aromatic rings. The van der Waals surface area contributed by atoms with Crippen LogP contribution in [0.5, 0.6) is 11.5 Å². The molecular weight excluding hydrogens is 325 g/mol. The van der Waals surface area contributed by atoms with Crippen LogP contribution >= 0.6 is 0 Å². The Labute approximate surface area is 146 Å². The van der Waals surface area contributed by atoms with Crippen LogP contribution in [0.4, 0.5) is 4.39 Å². The molecule has 0 bridgehead atoms. The lowest BCUT2D eigenvalue weighted by Gasteiger charge is -2.12. The van der Waals surface area contributed by atoms with Gasteiger partial charge in [0.2, 0.25) is 0 Å². The molecule has 0 heterocycles. The van der Waals surface area contributed by atoms with Crippen LogP contribution in [0.3, 0.4) is 0 Å². The predicted molar refractivity (Wildman–Crippen MR) is 92.4 cm³/mol.